The highest BCUT2D eigenvalue weighted by Gasteiger charge is 2.17. The molecule has 5 heteroatoms. The summed E-state index contributed by atoms with van der Waals surface area (Å²) in [7, 11) is 0. The van der Waals surface area contributed by atoms with Crippen molar-refractivity contribution in [2.24, 2.45) is 4.99 Å². The van der Waals surface area contributed by atoms with Crippen LogP contribution < -0.4 is 5.32 Å². The Morgan fingerprint density at radius 2 is 2.54 bits per heavy atom. The summed E-state index contributed by atoms with van der Waals surface area (Å²) in [6.07, 6.45) is 4.07. The zero-order chi connectivity index (χ0) is 9.26. The summed E-state index contributed by atoms with van der Waals surface area (Å²) in [4.78, 5) is 15.8. The molecule has 0 aliphatic carbocycles. The van der Waals surface area contributed by atoms with Gasteiger partial charge in [-0.3, -0.25) is 9.89 Å². The number of carbonyl (C=O) groups is 1. The van der Waals surface area contributed by atoms with Crippen molar-refractivity contribution in [3.63, 3.8) is 0 Å². The van der Waals surface area contributed by atoms with E-state index < -0.39 is 6.09 Å². The molecule has 0 saturated heterocycles. The van der Waals surface area contributed by atoms with E-state index in [2.05, 4.69) is 10.3 Å². The molecule has 2 N–H and O–H groups in total. The zero-order valence-corrected chi connectivity index (χ0v) is 6.90. The van der Waals surface area contributed by atoms with Crippen LogP contribution in [0.5, 0.6) is 0 Å². The van der Waals surface area contributed by atoms with E-state index in [9.17, 15) is 4.79 Å². The average Bonchev–Trinajstić information content (AvgIpc) is 2.17. The summed E-state index contributed by atoms with van der Waals surface area (Å²) in [5.41, 5.74) is 1.88. The van der Waals surface area contributed by atoms with E-state index in [-0.39, 0.29) is 0 Å². The molecule has 1 amide bonds. The minimum Gasteiger partial charge on any atom is -0.465 e. The molecule has 0 aromatic heterocycles. The number of hydrogen-bond donors (Lipinski definition) is 2. The predicted octanol–water partition coefficient (Wildman–Crippen LogP) is 0.379. The molecule has 0 aromatic rings. The number of nitrogens with zero attached hydrogens (tertiary/aromatic N) is 2. The Bertz CT molecular complexity index is 330. The number of hydrogen-bond acceptors (Lipinski definition) is 3. The summed E-state index contributed by atoms with van der Waals surface area (Å²) < 4.78 is 0. The number of amides is 1. The minimum atomic E-state index is -0.943. The van der Waals surface area contributed by atoms with Crippen LogP contribution >= 0.6 is 0 Å². The van der Waals surface area contributed by atoms with Crippen LogP contribution in [-0.2, 0) is 0 Å². The van der Waals surface area contributed by atoms with E-state index in [0.717, 1.165) is 11.3 Å². The van der Waals surface area contributed by atoms with Crippen LogP contribution in [0.4, 0.5) is 4.79 Å². The van der Waals surface area contributed by atoms with Crippen LogP contribution in [0.3, 0.4) is 0 Å². The molecule has 0 saturated carbocycles. The lowest BCUT2D eigenvalue weighted by Gasteiger charge is -2.24. The molecule has 0 unspecified atom stereocenters. The fraction of sp³-hybridized carbons (Fsp3) is 0.250. The molecule has 0 fully saturated rings. The second-order valence-electron chi connectivity index (χ2n) is 2.81. The van der Waals surface area contributed by atoms with Gasteiger partial charge in [-0.1, -0.05) is 0 Å². The second-order valence-corrected chi connectivity index (χ2v) is 2.81. The monoisotopic (exact) mass is 179 g/mol. The van der Waals surface area contributed by atoms with Gasteiger partial charge in [0.1, 0.15) is 6.67 Å². The first-order valence-electron chi connectivity index (χ1n) is 3.92. The van der Waals surface area contributed by atoms with Crippen molar-refractivity contribution < 1.29 is 9.90 Å². The van der Waals surface area contributed by atoms with E-state index in [1.807, 2.05) is 0 Å². The highest BCUT2D eigenvalue weighted by Crippen LogP contribution is 2.13. The smallest absolute Gasteiger partial charge is 0.411 e. The summed E-state index contributed by atoms with van der Waals surface area (Å²) in [6, 6.07) is 0. The van der Waals surface area contributed by atoms with Crippen LogP contribution in [0.25, 0.3) is 0 Å². The fourth-order valence-electron chi connectivity index (χ4n) is 1.29. The molecule has 2 aliphatic rings. The first-order chi connectivity index (χ1) is 6.27. The highest BCUT2D eigenvalue weighted by molar-refractivity contribution is 5.84. The largest absolute Gasteiger partial charge is 0.465 e. The molecule has 2 rings (SSSR count). The third-order valence-corrected chi connectivity index (χ3v) is 1.96. The quantitative estimate of drug-likeness (QED) is 0.565. The Balaban J connectivity index is 2.20. The molecule has 2 aliphatic heterocycles. The third-order valence-electron chi connectivity index (χ3n) is 1.96. The Labute approximate surface area is 75.1 Å². The van der Waals surface area contributed by atoms with Gasteiger partial charge in [0.05, 0.1) is 6.54 Å². The molecule has 0 spiro atoms. The van der Waals surface area contributed by atoms with Crippen molar-refractivity contribution in [1.29, 1.82) is 0 Å². The van der Waals surface area contributed by atoms with Crippen LogP contribution in [0.1, 0.15) is 0 Å². The lowest BCUT2D eigenvalue weighted by molar-refractivity contribution is 0.165. The van der Waals surface area contributed by atoms with Gasteiger partial charge >= 0.3 is 6.09 Å². The number of aliphatic imine (C=N–C) groups is 1. The van der Waals surface area contributed by atoms with Crippen molar-refractivity contribution in [2.75, 3.05) is 13.2 Å². The molecule has 0 radical (unpaired) electrons. The van der Waals surface area contributed by atoms with E-state index in [1.165, 1.54) is 4.90 Å². The molecular formula is C8H9N3O2. The maximum atomic E-state index is 10.6. The number of rotatable bonds is 0. The Morgan fingerprint density at radius 3 is 3.31 bits per heavy atom. The molecule has 13 heavy (non-hydrogen) atoms. The molecule has 0 aromatic carbocycles. The molecule has 68 valence electrons. The highest BCUT2D eigenvalue weighted by atomic mass is 16.4. The number of carboxylic acid groups (broad SMARTS) is 1. The van der Waals surface area contributed by atoms with Gasteiger partial charge in [-0.25, -0.2) is 4.79 Å². The van der Waals surface area contributed by atoms with Gasteiger partial charge in [0.25, 0.3) is 0 Å². The van der Waals surface area contributed by atoms with Crippen LogP contribution in [0.15, 0.2) is 28.5 Å². The maximum Gasteiger partial charge on any atom is 0.411 e. The normalized spacial score (nSPS) is 19.8. The second kappa shape index (κ2) is 2.93. The first kappa shape index (κ1) is 7.85. The molecule has 0 bridgehead atoms. The maximum absolute atomic E-state index is 10.6. The van der Waals surface area contributed by atoms with Gasteiger partial charge in [-0.15, -0.1) is 0 Å². The van der Waals surface area contributed by atoms with Gasteiger partial charge in [0.2, 0.25) is 0 Å². The lowest BCUT2D eigenvalue weighted by Crippen LogP contribution is -2.33. The van der Waals surface area contributed by atoms with Crippen molar-refractivity contribution in [3.8, 4) is 0 Å². The van der Waals surface area contributed by atoms with Crippen LogP contribution in [-0.4, -0.2) is 35.5 Å². The van der Waals surface area contributed by atoms with Crippen molar-refractivity contribution in [1.82, 2.24) is 10.2 Å². The summed E-state index contributed by atoms with van der Waals surface area (Å²) in [5, 5.41) is 11.8. The van der Waals surface area contributed by atoms with Crippen LogP contribution in [0, 0.1) is 0 Å². The molecule has 0 atom stereocenters. The zero-order valence-electron chi connectivity index (χ0n) is 6.90. The molecule has 5 nitrogen and oxygen atoms in total. The predicted molar refractivity (Wildman–Crippen MR) is 47.4 cm³/mol. The minimum absolute atomic E-state index is 0.373. The first-order valence-corrected chi connectivity index (χ1v) is 3.92. The SMILES string of the molecule is O=C(O)N1C=CC2=C(C=NCN2)C1. The van der Waals surface area contributed by atoms with Gasteiger partial charge in [0, 0.05) is 23.7 Å². The lowest BCUT2D eigenvalue weighted by atomic mass is 10.1. The fourth-order valence-corrected chi connectivity index (χ4v) is 1.29. The number of nitrogens with one attached hydrogen (secondary N) is 1. The third kappa shape index (κ3) is 1.40. The van der Waals surface area contributed by atoms with Crippen molar-refractivity contribution >= 4 is 12.3 Å². The Morgan fingerprint density at radius 1 is 1.69 bits per heavy atom. The Hall–Kier alpha value is -1.78. The van der Waals surface area contributed by atoms with E-state index in [0.29, 0.717) is 13.2 Å². The topological polar surface area (TPSA) is 64.9 Å². The van der Waals surface area contributed by atoms with E-state index >= 15 is 0 Å². The summed E-state index contributed by atoms with van der Waals surface area (Å²) in [6.45, 7) is 0.938. The van der Waals surface area contributed by atoms with E-state index in [4.69, 9.17) is 5.11 Å². The van der Waals surface area contributed by atoms with E-state index in [1.54, 1.807) is 18.5 Å². The van der Waals surface area contributed by atoms with Crippen LogP contribution in [0.2, 0.25) is 0 Å². The Kier molecular flexibility index (Phi) is 1.77. The molecule has 2 heterocycles. The average molecular weight is 179 g/mol. The standard InChI is InChI=1S/C8H9N3O2/c12-8(13)11-2-1-7-6(4-11)3-9-5-10-7/h1-3,10H,4-5H2,(H,12,13). The van der Waals surface area contributed by atoms with Gasteiger partial charge in [0.15, 0.2) is 0 Å². The van der Waals surface area contributed by atoms with Crippen molar-refractivity contribution in [2.45, 2.75) is 0 Å². The summed E-state index contributed by atoms with van der Waals surface area (Å²) >= 11 is 0. The van der Waals surface area contributed by atoms with Gasteiger partial charge in [-0.05, 0) is 6.08 Å². The van der Waals surface area contributed by atoms with Gasteiger partial charge < -0.3 is 10.4 Å². The van der Waals surface area contributed by atoms with Gasteiger partial charge in [-0.2, -0.15) is 0 Å². The molecular weight excluding hydrogens is 170 g/mol. The summed E-state index contributed by atoms with van der Waals surface area (Å²) in [5.74, 6) is 0. The number of allylic oxidation sites excluding steroid dienone is 1. The van der Waals surface area contributed by atoms with Crippen molar-refractivity contribution in [3.05, 3.63) is 23.5 Å².